The molecule has 13 heavy (non-hydrogen) atoms. The second-order valence-electron chi connectivity index (χ2n) is 5.09. The summed E-state index contributed by atoms with van der Waals surface area (Å²) in [6, 6.07) is 0. The molecule has 0 N–H and O–H groups in total. The quantitative estimate of drug-likeness (QED) is 0.517. The summed E-state index contributed by atoms with van der Waals surface area (Å²) in [5, 5.41) is 0.226. The van der Waals surface area contributed by atoms with Crippen LogP contribution in [0.1, 0.15) is 34.1 Å². The highest BCUT2D eigenvalue weighted by atomic mass is 28.4. The maximum absolute atomic E-state index is 10.3. The average Bonchev–Trinajstić information content (AvgIpc) is 1.83. The number of carbonyl (C=O) groups is 1. The SMILES string of the molecule is C[C@H](CC=O)O[Si](C)(C)C(C)(C)C. The van der Waals surface area contributed by atoms with Crippen LogP contribution in [-0.4, -0.2) is 20.7 Å². The van der Waals surface area contributed by atoms with Gasteiger partial charge in [0.1, 0.15) is 6.29 Å². The second kappa shape index (κ2) is 4.38. The van der Waals surface area contributed by atoms with Crippen LogP contribution < -0.4 is 0 Å². The van der Waals surface area contributed by atoms with E-state index in [4.69, 9.17) is 4.43 Å². The molecule has 0 aliphatic heterocycles. The monoisotopic (exact) mass is 202 g/mol. The molecule has 0 rings (SSSR count). The van der Waals surface area contributed by atoms with Gasteiger partial charge in [-0.3, -0.25) is 0 Å². The smallest absolute Gasteiger partial charge is 0.192 e. The van der Waals surface area contributed by atoms with Crippen molar-refractivity contribution in [3.63, 3.8) is 0 Å². The Kier molecular flexibility index (Phi) is 4.32. The van der Waals surface area contributed by atoms with Gasteiger partial charge in [0, 0.05) is 12.5 Å². The molecule has 0 aliphatic rings. The first-order valence-corrected chi connectivity index (χ1v) is 7.73. The molecule has 0 bridgehead atoms. The van der Waals surface area contributed by atoms with E-state index < -0.39 is 8.32 Å². The Labute approximate surface area is 82.8 Å². The lowest BCUT2D eigenvalue weighted by molar-refractivity contribution is -0.109. The molecule has 0 saturated carbocycles. The lowest BCUT2D eigenvalue weighted by atomic mass is 10.2. The zero-order valence-corrected chi connectivity index (χ0v) is 10.7. The molecule has 0 spiro atoms. The van der Waals surface area contributed by atoms with E-state index in [1.165, 1.54) is 0 Å². The highest BCUT2D eigenvalue weighted by Crippen LogP contribution is 2.37. The van der Waals surface area contributed by atoms with Crippen LogP contribution in [0, 0.1) is 0 Å². The summed E-state index contributed by atoms with van der Waals surface area (Å²) in [5.41, 5.74) is 0. The normalized spacial score (nSPS) is 15.5. The van der Waals surface area contributed by atoms with Crippen molar-refractivity contribution in [3.05, 3.63) is 0 Å². The van der Waals surface area contributed by atoms with Gasteiger partial charge >= 0.3 is 0 Å². The molecule has 3 heteroatoms. The molecule has 0 aliphatic carbocycles. The van der Waals surface area contributed by atoms with Gasteiger partial charge in [0.15, 0.2) is 8.32 Å². The Morgan fingerprint density at radius 1 is 1.38 bits per heavy atom. The number of hydrogen-bond acceptors (Lipinski definition) is 2. The van der Waals surface area contributed by atoms with E-state index in [1.807, 2.05) is 6.92 Å². The Morgan fingerprint density at radius 2 is 1.85 bits per heavy atom. The molecule has 2 nitrogen and oxygen atoms in total. The van der Waals surface area contributed by atoms with Gasteiger partial charge in [0.2, 0.25) is 0 Å². The van der Waals surface area contributed by atoms with Crippen molar-refractivity contribution in [2.24, 2.45) is 0 Å². The molecule has 0 amide bonds. The van der Waals surface area contributed by atoms with Gasteiger partial charge in [-0.05, 0) is 25.1 Å². The van der Waals surface area contributed by atoms with Gasteiger partial charge in [-0.15, -0.1) is 0 Å². The highest BCUT2D eigenvalue weighted by Gasteiger charge is 2.38. The van der Waals surface area contributed by atoms with Crippen LogP contribution in [0.5, 0.6) is 0 Å². The van der Waals surface area contributed by atoms with E-state index >= 15 is 0 Å². The standard InChI is InChI=1S/C10H22O2Si/c1-9(7-8-11)12-13(5,6)10(2,3)4/h8-9H,7H2,1-6H3/t9-/m1/s1. The summed E-state index contributed by atoms with van der Waals surface area (Å²) in [6.45, 7) is 13.0. The Morgan fingerprint density at radius 3 is 2.15 bits per heavy atom. The molecule has 0 radical (unpaired) electrons. The fourth-order valence-electron chi connectivity index (χ4n) is 0.863. The summed E-state index contributed by atoms with van der Waals surface area (Å²) < 4.78 is 5.95. The molecule has 0 aromatic heterocycles. The summed E-state index contributed by atoms with van der Waals surface area (Å²) in [6.07, 6.45) is 1.50. The molecule has 1 atom stereocenters. The molecule has 0 aromatic rings. The fraction of sp³-hybridized carbons (Fsp3) is 0.900. The topological polar surface area (TPSA) is 26.3 Å². The van der Waals surface area contributed by atoms with Crippen molar-refractivity contribution in [1.82, 2.24) is 0 Å². The third-order valence-electron chi connectivity index (χ3n) is 2.73. The molecular weight excluding hydrogens is 180 g/mol. The van der Waals surface area contributed by atoms with E-state index in [9.17, 15) is 4.79 Å². The van der Waals surface area contributed by atoms with Crippen molar-refractivity contribution in [1.29, 1.82) is 0 Å². The van der Waals surface area contributed by atoms with E-state index in [0.29, 0.717) is 6.42 Å². The number of carbonyl (C=O) groups excluding carboxylic acids is 1. The third kappa shape index (κ3) is 4.05. The summed E-state index contributed by atoms with van der Waals surface area (Å²) in [7, 11) is -1.66. The van der Waals surface area contributed by atoms with E-state index in [0.717, 1.165) is 6.29 Å². The first kappa shape index (κ1) is 12.8. The lowest BCUT2D eigenvalue weighted by Gasteiger charge is -2.38. The van der Waals surface area contributed by atoms with Crippen LogP contribution in [0.15, 0.2) is 0 Å². The molecule has 0 heterocycles. The maximum atomic E-state index is 10.3. The second-order valence-corrected chi connectivity index (χ2v) is 9.85. The predicted octanol–water partition coefficient (Wildman–Crippen LogP) is 2.99. The number of aldehydes is 1. The Balaban J connectivity index is 4.24. The molecule has 0 unspecified atom stereocenters. The van der Waals surface area contributed by atoms with Crippen LogP contribution in [0.25, 0.3) is 0 Å². The van der Waals surface area contributed by atoms with E-state index in [-0.39, 0.29) is 11.1 Å². The van der Waals surface area contributed by atoms with Crippen molar-refractivity contribution in [2.75, 3.05) is 0 Å². The average molecular weight is 202 g/mol. The van der Waals surface area contributed by atoms with Gasteiger partial charge in [-0.2, -0.15) is 0 Å². The molecule has 0 saturated heterocycles. The minimum atomic E-state index is -1.66. The van der Waals surface area contributed by atoms with Crippen LogP contribution in [0.4, 0.5) is 0 Å². The zero-order chi connectivity index (χ0) is 10.7. The molecule has 0 fully saturated rings. The zero-order valence-electron chi connectivity index (χ0n) is 9.68. The highest BCUT2D eigenvalue weighted by molar-refractivity contribution is 6.74. The Bertz CT molecular complexity index is 170. The number of rotatable bonds is 4. The van der Waals surface area contributed by atoms with Crippen molar-refractivity contribution in [3.8, 4) is 0 Å². The van der Waals surface area contributed by atoms with Gasteiger partial charge < -0.3 is 9.22 Å². The minimum absolute atomic E-state index is 0.0680. The fourth-order valence-corrected chi connectivity index (χ4v) is 2.32. The van der Waals surface area contributed by atoms with Crippen LogP contribution >= 0.6 is 0 Å². The minimum Gasteiger partial charge on any atom is -0.414 e. The van der Waals surface area contributed by atoms with E-state index in [2.05, 4.69) is 33.9 Å². The summed E-state index contributed by atoms with van der Waals surface area (Å²) in [4.78, 5) is 10.3. The lowest BCUT2D eigenvalue weighted by Crippen LogP contribution is -2.43. The predicted molar refractivity (Wildman–Crippen MR) is 58.4 cm³/mol. The summed E-state index contributed by atoms with van der Waals surface area (Å²) in [5.74, 6) is 0. The largest absolute Gasteiger partial charge is 0.414 e. The van der Waals surface area contributed by atoms with Crippen LogP contribution in [0.3, 0.4) is 0 Å². The first-order chi connectivity index (χ1) is 5.70. The molecule has 0 aromatic carbocycles. The van der Waals surface area contributed by atoms with Gasteiger partial charge in [-0.1, -0.05) is 20.8 Å². The molecule has 78 valence electrons. The number of hydrogen-bond donors (Lipinski definition) is 0. The van der Waals surface area contributed by atoms with Crippen molar-refractivity contribution in [2.45, 2.75) is 58.4 Å². The first-order valence-electron chi connectivity index (χ1n) is 4.82. The van der Waals surface area contributed by atoms with Gasteiger partial charge in [-0.25, -0.2) is 0 Å². The van der Waals surface area contributed by atoms with Crippen LogP contribution in [0.2, 0.25) is 18.1 Å². The van der Waals surface area contributed by atoms with Gasteiger partial charge in [0.05, 0.1) is 0 Å². The Hall–Kier alpha value is -0.153. The molecular formula is C10H22O2Si. The van der Waals surface area contributed by atoms with E-state index in [1.54, 1.807) is 0 Å². The summed E-state index contributed by atoms with van der Waals surface area (Å²) >= 11 is 0. The van der Waals surface area contributed by atoms with Crippen LogP contribution in [-0.2, 0) is 9.22 Å². The van der Waals surface area contributed by atoms with Gasteiger partial charge in [0.25, 0.3) is 0 Å². The third-order valence-corrected chi connectivity index (χ3v) is 7.33. The maximum Gasteiger partial charge on any atom is 0.192 e. The van der Waals surface area contributed by atoms with Crippen molar-refractivity contribution >= 4 is 14.6 Å². The van der Waals surface area contributed by atoms with Crippen molar-refractivity contribution < 1.29 is 9.22 Å².